The van der Waals surface area contributed by atoms with Crippen molar-refractivity contribution in [2.75, 3.05) is 0 Å². The highest BCUT2D eigenvalue weighted by Crippen LogP contribution is 2.40. The van der Waals surface area contributed by atoms with Gasteiger partial charge in [-0.3, -0.25) is 4.90 Å². The molecule has 32 heavy (non-hydrogen) atoms. The summed E-state index contributed by atoms with van der Waals surface area (Å²) in [7, 11) is 0. The maximum Gasteiger partial charge on any atom is 0.405 e. The van der Waals surface area contributed by atoms with Gasteiger partial charge in [0.1, 0.15) is 5.01 Å². The number of carbonyl (C=O) groups is 1. The first-order chi connectivity index (χ1) is 15.4. The van der Waals surface area contributed by atoms with Crippen LogP contribution >= 0.6 is 11.3 Å². The summed E-state index contributed by atoms with van der Waals surface area (Å²) >= 11 is 1.61. The molecule has 2 N–H and O–H groups in total. The lowest BCUT2D eigenvalue weighted by atomic mass is 9.78. The molecule has 0 saturated carbocycles. The summed E-state index contributed by atoms with van der Waals surface area (Å²) in [5, 5.41) is 15.5. The first-order valence-corrected chi connectivity index (χ1v) is 12.1. The Labute approximate surface area is 194 Å². The number of nitrogens with zero attached hydrogens (tertiary/aromatic N) is 2. The summed E-state index contributed by atoms with van der Waals surface area (Å²) in [4.78, 5) is 19.0. The number of thiazole rings is 1. The molecule has 1 saturated heterocycles. The molecule has 1 aliphatic heterocycles. The molecular formula is C26H31N3O2S. The predicted molar refractivity (Wildman–Crippen MR) is 130 cm³/mol. The summed E-state index contributed by atoms with van der Waals surface area (Å²) < 4.78 is 0. The van der Waals surface area contributed by atoms with Gasteiger partial charge >= 0.3 is 6.09 Å². The van der Waals surface area contributed by atoms with Crippen LogP contribution in [0.5, 0.6) is 0 Å². The van der Waals surface area contributed by atoms with E-state index in [9.17, 15) is 9.90 Å². The van der Waals surface area contributed by atoms with Crippen LogP contribution in [0.15, 0.2) is 60.0 Å². The van der Waals surface area contributed by atoms with Crippen LogP contribution in [0.3, 0.4) is 0 Å². The van der Waals surface area contributed by atoms with E-state index >= 15 is 0 Å². The molecule has 0 spiro atoms. The summed E-state index contributed by atoms with van der Waals surface area (Å²) in [6.45, 7) is 7.43. The Balaban J connectivity index is 1.61. The van der Waals surface area contributed by atoms with Gasteiger partial charge in [-0.2, -0.15) is 0 Å². The maximum atomic E-state index is 11.8. The van der Waals surface area contributed by atoms with Crippen LogP contribution in [0.25, 0.3) is 10.6 Å². The van der Waals surface area contributed by atoms with Gasteiger partial charge < -0.3 is 10.4 Å². The summed E-state index contributed by atoms with van der Waals surface area (Å²) in [5.41, 5.74) is 4.34. The van der Waals surface area contributed by atoms with E-state index in [4.69, 9.17) is 0 Å². The van der Waals surface area contributed by atoms with Crippen molar-refractivity contribution in [2.45, 2.75) is 58.3 Å². The fourth-order valence-corrected chi connectivity index (χ4v) is 5.92. The third kappa shape index (κ3) is 5.03. The topological polar surface area (TPSA) is 65.5 Å². The average molecular weight is 450 g/mol. The molecule has 1 amide bonds. The third-order valence-electron chi connectivity index (χ3n) is 6.52. The maximum absolute atomic E-state index is 11.8. The molecule has 4 atom stereocenters. The van der Waals surface area contributed by atoms with Crippen molar-refractivity contribution < 1.29 is 9.90 Å². The van der Waals surface area contributed by atoms with E-state index in [0.717, 1.165) is 41.2 Å². The highest BCUT2D eigenvalue weighted by Gasteiger charge is 2.37. The first-order valence-electron chi connectivity index (χ1n) is 11.2. The average Bonchev–Trinajstić information content (AvgIpc) is 3.21. The van der Waals surface area contributed by atoms with Gasteiger partial charge in [0.25, 0.3) is 0 Å². The van der Waals surface area contributed by atoms with Gasteiger partial charge in [-0.25, -0.2) is 9.78 Å². The van der Waals surface area contributed by atoms with Gasteiger partial charge in [-0.1, -0.05) is 54.6 Å². The van der Waals surface area contributed by atoms with Crippen LogP contribution in [0, 0.1) is 12.8 Å². The minimum Gasteiger partial charge on any atom is -0.465 e. The Morgan fingerprint density at radius 3 is 2.41 bits per heavy atom. The number of likely N-dealkylation sites (tertiary alicyclic amines) is 1. The number of piperidine rings is 1. The zero-order chi connectivity index (χ0) is 22.7. The minimum absolute atomic E-state index is 0.213. The Morgan fingerprint density at radius 2 is 1.78 bits per heavy atom. The third-order valence-corrected chi connectivity index (χ3v) is 7.52. The van der Waals surface area contributed by atoms with Crippen LogP contribution in [-0.2, 0) is 6.54 Å². The van der Waals surface area contributed by atoms with Gasteiger partial charge in [-0.05, 0) is 50.7 Å². The van der Waals surface area contributed by atoms with Crippen molar-refractivity contribution in [3.8, 4) is 10.6 Å². The summed E-state index contributed by atoms with van der Waals surface area (Å²) in [6.07, 6.45) is 0.896. The summed E-state index contributed by atoms with van der Waals surface area (Å²) in [5.74, 6) is 0.213. The smallest absolute Gasteiger partial charge is 0.405 e. The lowest BCUT2D eigenvalue weighted by Gasteiger charge is -2.45. The Hall–Kier alpha value is -2.70. The molecule has 0 bridgehead atoms. The number of benzene rings is 2. The second-order valence-electron chi connectivity index (χ2n) is 8.90. The number of aryl methyl sites for hydroxylation is 1. The molecule has 0 aliphatic carbocycles. The monoisotopic (exact) mass is 449 g/mol. The molecule has 5 nitrogen and oxygen atoms in total. The highest BCUT2D eigenvalue weighted by molar-refractivity contribution is 7.13. The van der Waals surface area contributed by atoms with E-state index in [1.165, 1.54) is 5.56 Å². The van der Waals surface area contributed by atoms with Crippen molar-refractivity contribution >= 4 is 17.4 Å². The number of aromatic nitrogens is 1. The summed E-state index contributed by atoms with van der Waals surface area (Å²) in [6, 6.07) is 19.1. The number of amides is 1. The Morgan fingerprint density at radius 1 is 1.12 bits per heavy atom. The number of hydrogen-bond acceptors (Lipinski definition) is 4. The van der Waals surface area contributed by atoms with Crippen molar-refractivity contribution in [1.29, 1.82) is 0 Å². The molecule has 1 aliphatic rings. The molecule has 168 valence electrons. The van der Waals surface area contributed by atoms with Gasteiger partial charge in [0.05, 0.1) is 6.04 Å². The van der Waals surface area contributed by atoms with Crippen molar-refractivity contribution in [3.63, 3.8) is 0 Å². The van der Waals surface area contributed by atoms with Gasteiger partial charge in [0.2, 0.25) is 0 Å². The van der Waals surface area contributed by atoms with E-state index in [0.29, 0.717) is 12.1 Å². The van der Waals surface area contributed by atoms with E-state index in [-0.39, 0.29) is 12.0 Å². The van der Waals surface area contributed by atoms with Crippen molar-refractivity contribution in [3.05, 3.63) is 76.8 Å². The minimum atomic E-state index is -0.979. The second kappa shape index (κ2) is 9.84. The molecule has 4 rings (SSSR count). The van der Waals surface area contributed by atoms with E-state index < -0.39 is 6.09 Å². The standard InChI is InChI=1S/C26H31N3O2S/c1-17-16-32-25(27-17)23-12-8-7-11-22(23)24(28-26(30)31)21-13-18(2)29(19(3)14-21)15-20-9-5-4-6-10-20/h4-12,16,18-19,21,24,28H,13-15H2,1-3H3,(H,30,31)/t18-,19+,21?,24?. The molecule has 1 fully saturated rings. The van der Waals surface area contributed by atoms with Gasteiger partial charge in [-0.15, -0.1) is 11.3 Å². The number of carboxylic acid groups (broad SMARTS) is 1. The highest BCUT2D eigenvalue weighted by atomic mass is 32.1. The predicted octanol–water partition coefficient (Wildman–Crippen LogP) is 6.12. The molecule has 2 heterocycles. The van der Waals surface area contributed by atoms with E-state index in [1.807, 2.05) is 30.5 Å². The number of rotatable bonds is 6. The SMILES string of the molecule is Cc1csc(-c2ccccc2C(NC(=O)O)C2C[C@@H](C)N(Cc3ccccc3)[C@@H](C)C2)n1. The Kier molecular flexibility index (Phi) is 6.92. The molecule has 3 aromatic rings. The molecule has 1 aromatic heterocycles. The molecule has 0 radical (unpaired) electrons. The zero-order valence-electron chi connectivity index (χ0n) is 18.9. The first kappa shape index (κ1) is 22.5. The van der Waals surface area contributed by atoms with Crippen LogP contribution in [0.1, 0.15) is 49.6 Å². The Bertz CT molecular complexity index is 1040. The van der Waals surface area contributed by atoms with Crippen LogP contribution < -0.4 is 5.32 Å². The van der Waals surface area contributed by atoms with E-state index in [1.54, 1.807) is 11.3 Å². The van der Waals surface area contributed by atoms with E-state index in [2.05, 4.69) is 65.4 Å². The number of nitrogens with one attached hydrogen (secondary N) is 1. The quantitative estimate of drug-likeness (QED) is 0.476. The normalized spacial score (nSPS) is 22.4. The van der Waals surface area contributed by atoms with Crippen LogP contribution in [-0.4, -0.2) is 33.2 Å². The van der Waals surface area contributed by atoms with Crippen molar-refractivity contribution in [2.24, 2.45) is 5.92 Å². The second-order valence-corrected chi connectivity index (χ2v) is 9.75. The largest absolute Gasteiger partial charge is 0.465 e. The molecule has 2 aromatic carbocycles. The molecular weight excluding hydrogens is 418 g/mol. The van der Waals surface area contributed by atoms with Crippen molar-refractivity contribution in [1.82, 2.24) is 15.2 Å². The lowest BCUT2D eigenvalue weighted by molar-refractivity contribution is 0.0492. The van der Waals surface area contributed by atoms with Crippen LogP contribution in [0.2, 0.25) is 0 Å². The zero-order valence-corrected chi connectivity index (χ0v) is 19.7. The lowest BCUT2D eigenvalue weighted by Crippen LogP contribution is -2.49. The molecule has 6 heteroatoms. The fraction of sp³-hybridized carbons (Fsp3) is 0.385. The number of hydrogen-bond donors (Lipinski definition) is 2. The van der Waals surface area contributed by atoms with Gasteiger partial charge in [0.15, 0.2) is 0 Å². The van der Waals surface area contributed by atoms with Gasteiger partial charge in [0, 0.05) is 35.3 Å². The van der Waals surface area contributed by atoms with Crippen LogP contribution in [0.4, 0.5) is 4.79 Å². The fourth-order valence-electron chi connectivity index (χ4n) is 5.08. The molecule has 2 unspecified atom stereocenters.